The Morgan fingerprint density at radius 3 is 2.68 bits per heavy atom. The van der Waals surface area contributed by atoms with Gasteiger partial charge in [0.15, 0.2) is 0 Å². The fourth-order valence-electron chi connectivity index (χ4n) is 1.88. The minimum absolute atomic E-state index is 0.0712. The molecule has 1 atom stereocenters. The molecule has 0 bridgehead atoms. The van der Waals surface area contributed by atoms with Gasteiger partial charge in [-0.15, -0.1) is 0 Å². The Hall–Kier alpha value is -1.26. The van der Waals surface area contributed by atoms with E-state index in [0.717, 1.165) is 10.0 Å². The SMILES string of the molecule is CC(c1ccccc1Cl)N(C)C(=O)c1cc(Br)c[nH]1. The largest absolute Gasteiger partial charge is 0.356 e. The summed E-state index contributed by atoms with van der Waals surface area (Å²) in [6, 6.07) is 9.23. The van der Waals surface area contributed by atoms with E-state index in [0.29, 0.717) is 10.7 Å². The third-order valence-electron chi connectivity index (χ3n) is 3.13. The molecule has 0 aliphatic carbocycles. The van der Waals surface area contributed by atoms with Crippen molar-refractivity contribution in [2.24, 2.45) is 0 Å². The number of rotatable bonds is 3. The Kier molecular flexibility index (Phi) is 4.32. The van der Waals surface area contributed by atoms with Gasteiger partial charge in [0, 0.05) is 22.7 Å². The Morgan fingerprint density at radius 1 is 1.42 bits per heavy atom. The fourth-order valence-corrected chi connectivity index (χ4v) is 2.52. The number of nitrogens with zero attached hydrogens (tertiary/aromatic N) is 1. The van der Waals surface area contributed by atoms with E-state index in [2.05, 4.69) is 20.9 Å². The van der Waals surface area contributed by atoms with Crippen LogP contribution in [-0.4, -0.2) is 22.8 Å². The van der Waals surface area contributed by atoms with E-state index in [1.165, 1.54) is 0 Å². The summed E-state index contributed by atoms with van der Waals surface area (Å²) in [4.78, 5) is 16.9. The molecule has 5 heteroatoms. The molecule has 19 heavy (non-hydrogen) atoms. The lowest BCUT2D eigenvalue weighted by molar-refractivity contribution is 0.0737. The second-order valence-electron chi connectivity index (χ2n) is 4.35. The fraction of sp³-hybridized carbons (Fsp3) is 0.214. The van der Waals surface area contributed by atoms with Crippen molar-refractivity contribution in [1.29, 1.82) is 0 Å². The Balaban J connectivity index is 2.22. The number of benzene rings is 1. The number of hydrogen-bond donors (Lipinski definition) is 1. The van der Waals surface area contributed by atoms with Crippen LogP contribution in [0.5, 0.6) is 0 Å². The van der Waals surface area contributed by atoms with Crippen molar-refractivity contribution >= 4 is 33.4 Å². The molecule has 1 N–H and O–H groups in total. The van der Waals surface area contributed by atoms with Gasteiger partial charge in [-0.2, -0.15) is 0 Å². The van der Waals surface area contributed by atoms with Crippen LogP contribution >= 0.6 is 27.5 Å². The lowest BCUT2D eigenvalue weighted by Gasteiger charge is -2.25. The van der Waals surface area contributed by atoms with Gasteiger partial charge in [-0.25, -0.2) is 0 Å². The zero-order chi connectivity index (χ0) is 14.0. The standard InChI is InChI=1S/C14H14BrClN2O/c1-9(11-5-3-4-6-12(11)16)18(2)14(19)13-7-10(15)8-17-13/h3-9,17H,1-2H3. The van der Waals surface area contributed by atoms with E-state index >= 15 is 0 Å². The van der Waals surface area contributed by atoms with Gasteiger partial charge >= 0.3 is 0 Å². The summed E-state index contributed by atoms with van der Waals surface area (Å²) in [6.45, 7) is 1.96. The predicted octanol–water partition coefficient (Wildman–Crippen LogP) is 4.26. The molecule has 0 aliphatic rings. The molecule has 2 rings (SSSR count). The molecule has 0 radical (unpaired) electrons. The topological polar surface area (TPSA) is 36.1 Å². The maximum Gasteiger partial charge on any atom is 0.270 e. The summed E-state index contributed by atoms with van der Waals surface area (Å²) in [5, 5.41) is 0.669. The number of amides is 1. The summed E-state index contributed by atoms with van der Waals surface area (Å²) in [5.41, 5.74) is 1.49. The predicted molar refractivity (Wildman–Crippen MR) is 80.5 cm³/mol. The molecule has 0 spiro atoms. The molecule has 3 nitrogen and oxygen atoms in total. The van der Waals surface area contributed by atoms with Gasteiger partial charge in [0.05, 0.1) is 6.04 Å². The van der Waals surface area contributed by atoms with E-state index in [1.54, 1.807) is 24.2 Å². The van der Waals surface area contributed by atoms with Gasteiger partial charge < -0.3 is 9.88 Å². The normalized spacial score (nSPS) is 12.2. The minimum Gasteiger partial charge on any atom is -0.356 e. The average Bonchev–Trinajstić information content (AvgIpc) is 2.83. The second kappa shape index (κ2) is 5.80. The molecule has 1 amide bonds. The zero-order valence-corrected chi connectivity index (χ0v) is 13.0. The van der Waals surface area contributed by atoms with E-state index in [4.69, 9.17) is 11.6 Å². The smallest absolute Gasteiger partial charge is 0.270 e. The summed E-state index contributed by atoms with van der Waals surface area (Å²) in [7, 11) is 1.77. The lowest BCUT2D eigenvalue weighted by atomic mass is 10.1. The maximum absolute atomic E-state index is 12.3. The van der Waals surface area contributed by atoms with Gasteiger partial charge in [0.2, 0.25) is 0 Å². The summed E-state index contributed by atoms with van der Waals surface area (Å²) in [6.07, 6.45) is 1.74. The number of hydrogen-bond acceptors (Lipinski definition) is 1. The Bertz CT molecular complexity index is 597. The second-order valence-corrected chi connectivity index (χ2v) is 5.67. The van der Waals surface area contributed by atoms with Crippen LogP contribution in [0.25, 0.3) is 0 Å². The van der Waals surface area contributed by atoms with E-state index in [9.17, 15) is 4.79 Å². The zero-order valence-electron chi connectivity index (χ0n) is 10.7. The van der Waals surface area contributed by atoms with Crippen LogP contribution in [0.4, 0.5) is 0 Å². The molecule has 1 aromatic carbocycles. The van der Waals surface area contributed by atoms with E-state index in [1.807, 2.05) is 31.2 Å². The summed E-state index contributed by atoms with van der Waals surface area (Å²) in [5.74, 6) is -0.0712. The minimum atomic E-state index is -0.0942. The van der Waals surface area contributed by atoms with Crippen LogP contribution in [0, 0.1) is 0 Å². The molecule has 1 unspecified atom stereocenters. The molecule has 0 saturated carbocycles. The van der Waals surface area contributed by atoms with Crippen molar-refractivity contribution in [3.8, 4) is 0 Å². The van der Waals surface area contributed by atoms with Crippen molar-refractivity contribution in [2.45, 2.75) is 13.0 Å². The summed E-state index contributed by atoms with van der Waals surface area (Å²) < 4.78 is 0.856. The summed E-state index contributed by atoms with van der Waals surface area (Å²) >= 11 is 9.48. The number of H-pyrrole nitrogens is 1. The first-order valence-corrected chi connectivity index (χ1v) is 7.03. The molecular formula is C14H14BrClN2O. The van der Waals surface area contributed by atoms with Gasteiger partial charge in [-0.1, -0.05) is 29.8 Å². The van der Waals surface area contributed by atoms with Crippen LogP contribution in [0.2, 0.25) is 5.02 Å². The number of carbonyl (C=O) groups is 1. The van der Waals surface area contributed by atoms with Crippen LogP contribution < -0.4 is 0 Å². The van der Waals surface area contributed by atoms with Crippen molar-refractivity contribution in [3.05, 3.63) is 57.3 Å². The highest BCUT2D eigenvalue weighted by Gasteiger charge is 2.21. The number of carbonyl (C=O) groups excluding carboxylic acids is 1. The highest BCUT2D eigenvalue weighted by molar-refractivity contribution is 9.10. The first-order valence-electron chi connectivity index (χ1n) is 5.86. The average molecular weight is 342 g/mol. The Labute approximate surface area is 125 Å². The van der Waals surface area contributed by atoms with Crippen molar-refractivity contribution in [3.63, 3.8) is 0 Å². The van der Waals surface area contributed by atoms with E-state index < -0.39 is 0 Å². The third-order valence-corrected chi connectivity index (χ3v) is 3.94. The first-order chi connectivity index (χ1) is 9.00. The van der Waals surface area contributed by atoms with Crippen LogP contribution in [0.3, 0.4) is 0 Å². The number of aromatic nitrogens is 1. The van der Waals surface area contributed by atoms with E-state index in [-0.39, 0.29) is 11.9 Å². The molecule has 100 valence electrons. The lowest BCUT2D eigenvalue weighted by Crippen LogP contribution is -2.30. The molecule has 1 aromatic heterocycles. The van der Waals surface area contributed by atoms with Gasteiger partial charge in [0.25, 0.3) is 5.91 Å². The van der Waals surface area contributed by atoms with Crippen LogP contribution in [-0.2, 0) is 0 Å². The van der Waals surface area contributed by atoms with Crippen LogP contribution in [0.15, 0.2) is 41.0 Å². The highest BCUT2D eigenvalue weighted by atomic mass is 79.9. The Morgan fingerprint density at radius 2 is 2.11 bits per heavy atom. The molecule has 1 heterocycles. The number of aromatic amines is 1. The van der Waals surface area contributed by atoms with Crippen LogP contribution in [0.1, 0.15) is 29.0 Å². The quantitative estimate of drug-likeness (QED) is 0.889. The van der Waals surface area contributed by atoms with Gasteiger partial charge in [-0.3, -0.25) is 4.79 Å². The van der Waals surface area contributed by atoms with Crippen molar-refractivity contribution in [2.75, 3.05) is 7.05 Å². The van der Waals surface area contributed by atoms with Crippen molar-refractivity contribution < 1.29 is 4.79 Å². The number of nitrogens with one attached hydrogen (secondary N) is 1. The maximum atomic E-state index is 12.3. The molecule has 0 fully saturated rings. The molecule has 0 aliphatic heterocycles. The molecular weight excluding hydrogens is 328 g/mol. The first kappa shape index (κ1) is 14.2. The monoisotopic (exact) mass is 340 g/mol. The third kappa shape index (κ3) is 3.01. The highest BCUT2D eigenvalue weighted by Crippen LogP contribution is 2.27. The molecule has 0 saturated heterocycles. The van der Waals surface area contributed by atoms with Gasteiger partial charge in [-0.05, 0) is 40.5 Å². The van der Waals surface area contributed by atoms with Crippen molar-refractivity contribution in [1.82, 2.24) is 9.88 Å². The number of halogens is 2. The van der Waals surface area contributed by atoms with Gasteiger partial charge in [0.1, 0.15) is 5.69 Å². The molecule has 2 aromatic rings.